The Morgan fingerprint density at radius 3 is 2.67 bits per heavy atom. The van der Waals surface area contributed by atoms with Gasteiger partial charge < -0.3 is 4.74 Å². The molecule has 3 saturated carbocycles. The third kappa shape index (κ3) is 4.06. The van der Waals surface area contributed by atoms with Crippen molar-refractivity contribution in [1.29, 1.82) is 0 Å². The first-order valence-electron chi connectivity index (χ1n) is 13.7. The Labute approximate surface area is 187 Å². The molecule has 4 aliphatic rings. The van der Waals surface area contributed by atoms with Gasteiger partial charge in [0.25, 0.3) is 0 Å². The molecule has 172 valence electrons. The quantitative estimate of drug-likeness (QED) is 0.362. The molecule has 0 N–H and O–H groups in total. The van der Waals surface area contributed by atoms with E-state index in [9.17, 15) is 0 Å². The van der Waals surface area contributed by atoms with E-state index in [1.54, 1.807) is 0 Å². The molecule has 0 aromatic carbocycles. The van der Waals surface area contributed by atoms with Crippen LogP contribution in [0.5, 0.6) is 0 Å². The third-order valence-corrected chi connectivity index (χ3v) is 10.7. The van der Waals surface area contributed by atoms with Crippen molar-refractivity contribution in [2.24, 2.45) is 46.3 Å². The molecule has 0 radical (unpaired) electrons. The van der Waals surface area contributed by atoms with E-state index in [4.69, 9.17) is 4.74 Å². The summed E-state index contributed by atoms with van der Waals surface area (Å²) < 4.78 is 5.63. The Hall–Kier alpha value is -0.300. The Balaban J connectivity index is 1.38. The van der Waals surface area contributed by atoms with Gasteiger partial charge in [-0.1, -0.05) is 58.6 Å². The van der Waals surface area contributed by atoms with E-state index in [2.05, 4.69) is 40.7 Å². The first kappa shape index (κ1) is 22.9. The molecule has 0 aromatic heterocycles. The zero-order chi connectivity index (χ0) is 21.4. The summed E-state index contributed by atoms with van der Waals surface area (Å²) in [7, 11) is 0. The lowest BCUT2D eigenvalue weighted by Gasteiger charge is -2.58. The van der Waals surface area contributed by atoms with Gasteiger partial charge in [0.2, 0.25) is 0 Å². The molecule has 0 saturated heterocycles. The Bertz CT molecular complexity index is 607. The highest BCUT2D eigenvalue weighted by atomic mass is 16.5. The monoisotopic (exact) mass is 414 g/mol. The molecule has 1 nitrogen and oxygen atoms in total. The highest BCUT2D eigenvalue weighted by Gasteiger charge is 2.58. The maximum atomic E-state index is 5.63. The van der Waals surface area contributed by atoms with E-state index in [0.29, 0.717) is 10.8 Å². The van der Waals surface area contributed by atoms with Gasteiger partial charge in [-0.3, -0.25) is 0 Å². The highest BCUT2D eigenvalue weighted by molar-refractivity contribution is 5.24. The second kappa shape index (κ2) is 9.29. The predicted molar refractivity (Wildman–Crippen MR) is 128 cm³/mol. The molecular formula is C29H50O. The molecule has 8 atom stereocenters. The van der Waals surface area contributed by atoms with Gasteiger partial charge in [0.15, 0.2) is 0 Å². The zero-order valence-electron chi connectivity index (χ0n) is 20.8. The van der Waals surface area contributed by atoms with Crippen molar-refractivity contribution >= 4 is 0 Å². The van der Waals surface area contributed by atoms with Crippen LogP contribution in [0.4, 0.5) is 0 Å². The number of allylic oxidation sites excluding steroid dienone is 2. The summed E-state index contributed by atoms with van der Waals surface area (Å²) in [6.45, 7) is 14.3. The smallest absolute Gasteiger partial charge is 0.0491 e. The standard InChI is InChI=1S/C29H50O/c1-6-30-20-21(2)10-9-11-22(3)25-15-16-26-24-14-13-23-12-7-8-18-28(23,4)27(24)17-19-29(25,26)5/h13,21-22,24-27H,6-12,14-20H2,1-5H3/t21?,22-,24+,25-,26+,27+,28+,29-/m1/s1. The van der Waals surface area contributed by atoms with Crippen molar-refractivity contribution in [2.75, 3.05) is 13.2 Å². The molecule has 4 aliphatic carbocycles. The van der Waals surface area contributed by atoms with E-state index >= 15 is 0 Å². The number of ether oxygens (including phenoxy) is 1. The predicted octanol–water partition coefficient (Wildman–Crippen LogP) is 8.43. The molecule has 0 aromatic rings. The molecule has 1 unspecified atom stereocenters. The molecule has 0 heterocycles. The van der Waals surface area contributed by atoms with Crippen molar-refractivity contribution in [3.8, 4) is 0 Å². The summed E-state index contributed by atoms with van der Waals surface area (Å²) in [5.41, 5.74) is 3.04. The first-order valence-corrected chi connectivity index (χ1v) is 13.7. The lowest BCUT2D eigenvalue weighted by Crippen LogP contribution is -2.50. The van der Waals surface area contributed by atoms with Crippen molar-refractivity contribution in [1.82, 2.24) is 0 Å². The summed E-state index contributed by atoms with van der Waals surface area (Å²) in [5, 5.41) is 0. The normalized spacial score (nSPS) is 42.6. The van der Waals surface area contributed by atoms with Crippen LogP contribution in [0.2, 0.25) is 0 Å². The summed E-state index contributed by atoms with van der Waals surface area (Å²) in [6, 6.07) is 0. The van der Waals surface area contributed by atoms with E-state index < -0.39 is 0 Å². The van der Waals surface area contributed by atoms with Crippen LogP contribution in [0, 0.1) is 46.3 Å². The summed E-state index contributed by atoms with van der Waals surface area (Å²) in [5.74, 6) is 5.56. The SMILES string of the molecule is CCOCC(C)CCC[C@@H](C)[C@H]1CC[C@H]2[C@@H]3CC=C4CCCC[C@]4(C)[C@H]3CC[C@]12C. The Morgan fingerprint density at radius 1 is 1.03 bits per heavy atom. The van der Waals surface area contributed by atoms with Gasteiger partial charge in [0, 0.05) is 13.2 Å². The van der Waals surface area contributed by atoms with Crippen molar-refractivity contribution in [2.45, 2.75) is 112 Å². The number of fused-ring (bicyclic) bond motifs is 5. The minimum Gasteiger partial charge on any atom is -0.381 e. The Kier molecular flexibility index (Phi) is 7.08. The van der Waals surface area contributed by atoms with Crippen LogP contribution in [0.25, 0.3) is 0 Å². The molecule has 0 bridgehead atoms. The number of hydrogen-bond donors (Lipinski definition) is 0. The lowest BCUT2D eigenvalue weighted by atomic mass is 9.47. The first-order chi connectivity index (χ1) is 14.4. The summed E-state index contributed by atoms with van der Waals surface area (Å²) in [4.78, 5) is 0. The highest BCUT2D eigenvalue weighted by Crippen LogP contribution is 2.67. The molecule has 30 heavy (non-hydrogen) atoms. The van der Waals surface area contributed by atoms with Crippen LogP contribution in [0.3, 0.4) is 0 Å². The molecule has 0 spiro atoms. The summed E-state index contributed by atoms with van der Waals surface area (Å²) in [6.07, 6.45) is 20.2. The van der Waals surface area contributed by atoms with Crippen LogP contribution < -0.4 is 0 Å². The van der Waals surface area contributed by atoms with Gasteiger partial charge in [-0.2, -0.15) is 0 Å². The van der Waals surface area contributed by atoms with Crippen LogP contribution >= 0.6 is 0 Å². The van der Waals surface area contributed by atoms with Crippen LogP contribution in [0.15, 0.2) is 11.6 Å². The minimum atomic E-state index is 0.558. The summed E-state index contributed by atoms with van der Waals surface area (Å²) >= 11 is 0. The van der Waals surface area contributed by atoms with Gasteiger partial charge in [0.1, 0.15) is 0 Å². The molecule has 4 rings (SSSR count). The van der Waals surface area contributed by atoms with Crippen LogP contribution in [0.1, 0.15) is 112 Å². The fraction of sp³-hybridized carbons (Fsp3) is 0.931. The second-order valence-electron chi connectivity index (χ2n) is 12.4. The molecule has 1 heteroatoms. The second-order valence-corrected chi connectivity index (χ2v) is 12.4. The Morgan fingerprint density at radius 2 is 1.87 bits per heavy atom. The largest absolute Gasteiger partial charge is 0.381 e. The topological polar surface area (TPSA) is 9.23 Å². The number of rotatable bonds is 8. The average molecular weight is 415 g/mol. The fourth-order valence-corrected chi connectivity index (χ4v) is 9.07. The molecular weight excluding hydrogens is 364 g/mol. The van der Waals surface area contributed by atoms with Crippen molar-refractivity contribution in [3.05, 3.63) is 11.6 Å². The van der Waals surface area contributed by atoms with E-state index in [1.165, 1.54) is 77.0 Å². The number of hydrogen-bond acceptors (Lipinski definition) is 1. The van der Waals surface area contributed by atoms with E-state index in [-0.39, 0.29) is 0 Å². The molecule has 0 amide bonds. The molecule has 3 fully saturated rings. The lowest BCUT2D eigenvalue weighted by molar-refractivity contribution is -0.0501. The van der Waals surface area contributed by atoms with E-state index in [0.717, 1.165) is 48.7 Å². The van der Waals surface area contributed by atoms with Crippen LogP contribution in [-0.4, -0.2) is 13.2 Å². The van der Waals surface area contributed by atoms with Crippen molar-refractivity contribution in [3.63, 3.8) is 0 Å². The minimum absolute atomic E-state index is 0.558. The van der Waals surface area contributed by atoms with Crippen molar-refractivity contribution < 1.29 is 4.74 Å². The fourth-order valence-electron chi connectivity index (χ4n) is 9.07. The van der Waals surface area contributed by atoms with Gasteiger partial charge in [-0.05, 0) is 111 Å². The molecule has 0 aliphatic heterocycles. The zero-order valence-corrected chi connectivity index (χ0v) is 20.8. The maximum absolute atomic E-state index is 5.63. The van der Waals surface area contributed by atoms with Gasteiger partial charge in [0.05, 0.1) is 0 Å². The van der Waals surface area contributed by atoms with Gasteiger partial charge >= 0.3 is 0 Å². The van der Waals surface area contributed by atoms with Gasteiger partial charge in [-0.25, -0.2) is 0 Å². The third-order valence-electron chi connectivity index (χ3n) is 10.7. The van der Waals surface area contributed by atoms with E-state index in [1.807, 2.05) is 5.57 Å². The van der Waals surface area contributed by atoms with Gasteiger partial charge in [-0.15, -0.1) is 0 Å². The average Bonchev–Trinajstić information content (AvgIpc) is 3.09. The maximum Gasteiger partial charge on any atom is 0.0491 e. The van der Waals surface area contributed by atoms with Crippen LogP contribution in [-0.2, 0) is 4.74 Å².